The number of rotatable bonds is 2. The molecule has 0 radical (unpaired) electrons. The molecule has 1 rings (SSSR count). The van der Waals surface area contributed by atoms with Gasteiger partial charge in [0.1, 0.15) is 0 Å². The number of hydrogen-bond donors (Lipinski definition) is 2. The minimum absolute atomic E-state index is 0.0421. The van der Waals surface area contributed by atoms with Crippen LogP contribution in [0.1, 0.15) is 11.6 Å². The Bertz CT molecular complexity index is 160. The van der Waals surface area contributed by atoms with Crippen LogP contribution in [0.4, 0.5) is 0 Å². The third-order valence-electron chi connectivity index (χ3n) is 1.17. The van der Waals surface area contributed by atoms with Gasteiger partial charge < -0.3 is 15.3 Å². The summed E-state index contributed by atoms with van der Waals surface area (Å²) in [5.41, 5.74) is 6.26. The molecule has 1 aromatic heterocycles. The third kappa shape index (κ3) is 1.31. The number of furan rings is 1. The summed E-state index contributed by atoms with van der Waals surface area (Å²) in [5.74, 6) is 0. The van der Waals surface area contributed by atoms with Crippen molar-refractivity contribution < 1.29 is 9.52 Å². The summed E-state index contributed by atoms with van der Waals surface area (Å²) in [6.45, 7) is -0.0421. The van der Waals surface area contributed by atoms with E-state index in [1.807, 2.05) is 0 Å². The van der Waals surface area contributed by atoms with E-state index >= 15 is 0 Å². The lowest BCUT2D eigenvalue weighted by Crippen LogP contribution is -2.13. The van der Waals surface area contributed by atoms with E-state index in [2.05, 4.69) is 0 Å². The Balaban J connectivity index is 2.65. The molecule has 0 saturated carbocycles. The van der Waals surface area contributed by atoms with E-state index in [9.17, 15) is 0 Å². The second-order valence-corrected chi connectivity index (χ2v) is 1.85. The van der Waals surface area contributed by atoms with Crippen LogP contribution in [0.25, 0.3) is 0 Å². The summed E-state index contributed by atoms with van der Waals surface area (Å²) in [6.07, 6.45) is 3.06. The highest BCUT2D eigenvalue weighted by molar-refractivity contribution is 5.10. The van der Waals surface area contributed by atoms with Crippen LogP contribution >= 0.6 is 0 Å². The van der Waals surface area contributed by atoms with E-state index in [0.29, 0.717) is 0 Å². The lowest BCUT2D eigenvalue weighted by atomic mass is 10.2. The molecule has 9 heavy (non-hydrogen) atoms. The summed E-state index contributed by atoms with van der Waals surface area (Å²) < 4.78 is 4.75. The Kier molecular flexibility index (Phi) is 1.87. The van der Waals surface area contributed by atoms with E-state index in [0.717, 1.165) is 5.56 Å². The zero-order chi connectivity index (χ0) is 6.69. The minimum Gasteiger partial charge on any atom is -0.472 e. The normalized spacial score (nSPS) is 13.6. The Hall–Kier alpha value is -0.800. The zero-order valence-electron chi connectivity index (χ0n) is 4.95. The van der Waals surface area contributed by atoms with Gasteiger partial charge in [-0.25, -0.2) is 0 Å². The van der Waals surface area contributed by atoms with E-state index in [1.54, 1.807) is 6.07 Å². The van der Waals surface area contributed by atoms with Crippen LogP contribution in [-0.2, 0) is 0 Å². The minimum atomic E-state index is -0.302. The van der Waals surface area contributed by atoms with Gasteiger partial charge in [0.2, 0.25) is 0 Å². The molecule has 0 aliphatic rings. The van der Waals surface area contributed by atoms with Gasteiger partial charge in [-0.1, -0.05) is 0 Å². The summed E-state index contributed by atoms with van der Waals surface area (Å²) in [6, 6.07) is 1.43. The van der Waals surface area contributed by atoms with Crippen LogP contribution in [0.15, 0.2) is 23.0 Å². The quantitative estimate of drug-likeness (QED) is 0.599. The highest BCUT2D eigenvalue weighted by Gasteiger charge is 2.03. The molecule has 3 N–H and O–H groups in total. The average molecular weight is 127 g/mol. The molecule has 0 saturated heterocycles. The van der Waals surface area contributed by atoms with Crippen LogP contribution in [0, 0.1) is 0 Å². The van der Waals surface area contributed by atoms with Gasteiger partial charge in [0.15, 0.2) is 0 Å². The Morgan fingerprint density at radius 1 is 1.78 bits per heavy atom. The lowest BCUT2D eigenvalue weighted by Gasteiger charge is -2.01. The fraction of sp³-hybridized carbons (Fsp3) is 0.333. The first kappa shape index (κ1) is 6.32. The molecule has 3 nitrogen and oxygen atoms in total. The Labute approximate surface area is 53.1 Å². The summed E-state index contributed by atoms with van der Waals surface area (Å²) in [7, 11) is 0. The van der Waals surface area contributed by atoms with Crippen molar-refractivity contribution in [3.05, 3.63) is 24.2 Å². The maximum Gasteiger partial charge on any atom is 0.0951 e. The van der Waals surface area contributed by atoms with Gasteiger partial charge in [0.25, 0.3) is 0 Å². The van der Waals surface area contributed by atoms with Crippen LogP contribution in [0.3, 0.4) is 0 Å². The van der Waals surface area contributed by atoms with Crippen molar-refractivity contribution in [1.82, 2.24) is 0 Å². The molecule has 0 aromatic carbocycles. The van der Waals surface area contributed by atoms with Crippen molar-refractivity contribution >= 4 is 0 Å². The molecular formula is C6H9NO2. The van der Waals surface area contributed by atoms with E-state index in [1.165, 1.54) is 12.5 Å². The molecule has 0 fully saturated rings. The molecule has 0 unspecified atom stereocenters. The molecular weight excluding hydrogens is 118 g/mol. The van der Waals surface area contributed by atoms with E-state index in [-0.39, 0.29) is 12.6 Å². The van der Waals surface area contributed by atoms with Crippen molar-refractivity contribution in [3.63, 3.8) is 0 Å². The van der Waals surface area contributed by atoms with E-state index < -0.39 is 0 Å². The Morgan fingerprint density at radius 2 is 2.56 bits per heavy atom. The maximum atomic E-state index is 8.54. The van der Waals surface area contributed by atoms with Crippen LogP contribution in [0.5, 0.6) is 0 Å². The Morgan fingerprint density at radius 3 is 3.00 bits per heavy atom. The number of aliphatic hydroxyl groups excluding tert-OH is 1. The molecule has 0 aliphatic heterocycles. The maximum absolute atomic E-state index is 8.54. The molecule has 0 spiro atoms. The molecule has 1 heterocycles. The summed E-state index contributed by atoms with van der Waals surface area (Å²) >= 11 is 0. The fourth-order valence-electron chi connectivity index (χ4n) is 0.591. The number of hydrogen-bond acceptors (Lipinski definition) is 3. The third-order valence-corrected chi connectivity index (χ3v) is 1.17. The molecule has 1 atom stereocenters. The average Bonchev–Trinajstić information content (AvgIpc) is 2.37. The van der Waals surface area contributed by atoms with Crippen LogP contribution < -0.4 is 5.73 Å². The van der Waals surface area contributed by atoms with E-state index in [4.69, 9.17) is 15.3 Å². The molecule has 0 amide bonds. The SMILES string of the molecule is N[C@H](CO)c1ccoc1. The van der Waals surface area contributed by atoms with Crippen molar-refractivity contribution in [3.8, 4) is 0 Å². The van der Waals surface area contributed by atoms with Gasteiger partial charge >= 0.3 is 0 Å². The van der Waals surface area contributed by atoms with Crippen LogP contribution in [0.2, 0.25) is 0 Å². The van der Waals surface area contributed by atoms with Gasteiger partial charge in [-0.2, -0.15) is 0 Å². The first-order chi connectivity index (χ1) is 4.34. The predicted octanol–water partition coefficient (Wildman–Crippen LogP) is 0.272. The molecule has 1 aromatic rings. The van der Waals surface area contributed by atoms with Crippen molar-refractivity contribution in [1.29, 1.82) is 0 Å². The van der Waals surface area contributed by atoms with Gasteiger partial charge in [0.05, 0.1) is 25.2 Å². The summed E-state index contributed by atoms with van der Waals surface area (Å²) in [4.78, 5) is 0. The highest BCUT2D eigenvalue weighted by atomic mass is 16.3. The first-order valence-electron chi connectivity index (χ1n) is 2.73. The zero-order valence-corrected chi connectivity index (χ0v) is 4.95. The molecule has 3 heteroatoms. The second-order valence-electron chi connectivity index (χ2n) is 1.85. The predicted molar refractivity (Wildman–Crippen MR) is 32.7 cm³/mol. The van der Waals surface area contributed by atoms with Crippen molar-refractivity contribution in [2.24, 2.45) is 5.73 Å². The topological polar surface area (TPSA) is 59.4 Å². The van der Waals surface area contributed by atoms with Crippen LogP contribution in [-0.4, -0.2) is 11.7 Å². The van der Waals surface area contributed by atoms with Gasteiger partial charge in [-0.15, -0.1) is 0 Å². The molecule has 50 valence electrons. The number of nitrogens with two attached hydrogens (primary N) is 1. The van der Waals surface area contributed by atoms with Gasteiger partial charge in [0, 0.05) is 5.56 Å². The smallest absolute Gasteiger partial charge is 0.0951 e. The standard InChI is InChI=1S/C6H9NO2/c7-6(3-8)5-1-2-9-4-5/h1-2,4,6,8H,3,7H2/t6-/m1/s1. The fourth-order valence-corrected chi connectivity index (χ4v) is 0.591. The molecule has 0 aliphatic carbocycles. The lowest BCUT2D eigenvalue weighted by molar-refractivity contribution is 0.267. The van der Waals surface area contributed by atoms with Gasteiger partial charge in [-0.3, -0.25) is 0 Å². The first-order valence-corrected chi connectivity index (χ1v) is 2.73. The highest BCUT2D eigenvalue weighted by Crippen LogP contribution is 2.08. The molecule has 0 bridgehead atoms. The summed E-state index contributed by atoms with van der Waals surface area (Å²) in [5, 5.41) is 8.54. The largest absolute Gasteiger partial charge is 0.472 e. The monoisotopic (exact) mass is 127 g/mol. The van der Waals surface area contributed by atoms with Crippen molar-refractivity contribution in [2.75, 3.05) is 6.61 Å². The van der Waals surface area contributed by atoms with Gasteiger partial charge in [-0.05, 0) is 6.07 Å². The second kappa shape index (κ2) is 2.66. The van der Waals surface area contributed by atoms with Crippen molar-refractivity contribution in [2.45, 2.75) is 6.04 Å². The number of aliphatic hydroxyl groups is 1.